The maximum Gasteiger partial charge on any atom is 0.259 e. The van der Waals surface area contributed by atoms with Gasteiger partial charge in [-0.05, 0) is 34.9 Å². The fraction of sp³-hybridized carbons (Fsp3) is 0.190. The van der Waals surface area contributed by atoms with E-state index < -0.39 is 0 Å². The first-order valence-corrected chi connectivity index (χ1v) is 8.41. The standard InChI is InChI=1S/C21H17N3O2/c1-21(2)12-20(26)24(23-13-25)19-11-14(7-8-17(19)21)15-9-10-22-18-6-4-3-5-16(15)18/h3-11H,12H2,1-2H3. The molecule has 0 saturated heterocycles. The molecule has 0 aliphatic carbocycles. The van der Waals surface area contributed by atoms with E-state index in [0.717, 1.165) is 27.6 Å². The van der Waals surface area contributed by atoms with Crippen LogP contribution in [-0.2, 0) is 15.0 Å². The van der Waals surface area contributed by atoms with Crippen molar-refractivity contribution in [3.63, 3.8) is 0 Å². The van der Waals surface area contributed by atoms with E-state index in [-0.39, 0.29) is 11.3 Å². The second-order valence-electron chi connectivity index (χ2n) is 7.07. The highest BCUT2D eigenvalue weighted by Gasteiger charge is 2.37. The van der Waals surface area contributed by atoms with Crippen LogP contribution in [0.25, 0.3) is 22.0 Å². The van der Waals surface area contributed by atoms with Crippen molar-refractivity contribution in [3.8, 4) is 11.1 Å². The zero-order chi connectivity index (χ0) is 18.3. The summed E-state index contributed by atoms with van der Waals surface area (Å²) in [6.45, 7) is 4.04. The topological polar surface area (TPSA) is 62.6 Å². The third-order valence-corrected chi connectivity index (χ3v) is 4.89. The Balaban J connectivity index is 1.96. The Bertz CT molecular complexity index is 1080. The van der Waals surface area contributed by atoms with Crippen molar-refractivity contribution >= 4 is 28.6 Å². The largest absolute Gasteiger partial charge is 0.272 e. The van der Waals surface area contributed by atoms with E-state index in [1.165, 1.54) is 11.1 Å². The Kier molecular flexibility index (Phi) is 3.67. The molecule has 1 aliphatic heterocycles. The van der Waals surface area contributed by atoms with Crippen molar-refractivity contribution < 1.29 is 9.59 Å². The summed E-state index contributed by atoms with van der Waals surface area (Å²) in [7, 11) is 0. The Morgan fingerprint density at radius 3 is 2.77 bits per heavy atom. The molecule has 1 aliphatic rings. The van der Waals surface area contributed by atoms with Crippen LogP contribution in [0, 0.1) is 0 Å². The van der Waals surface area contributed by atoms with Gasteiger partial charge in [-0.3, -0.25) is 9.78 Å². The number of benzene rings is 2. The van der Waals surface area contributed by atoms with Crippen molar-refractivity contribution in [1.82, 2.24) is 4.98 Å². The minimum atomic E-state index is -0.319. The molecule has 5 heteroatoms. The van der Waals surface area contributed by atoms with E-state index in [0.29, 0.717) is 12.1 Å². The molecule has 1 amide bonds. The summed E-state index contributed by atoms with van der Waals surface area (Å²) in [6.07, 6.45) is 3.56. The van der Waals surface area contributed by atoms with Gasteiger partial charge in [0.05, 0.1) is 11.2 Å². The van der Waals surface area contributed by atoms with Gasteiger partial charge in [0.1, 0.15) is 0 Å². The van der Waals surface area contributed by atoms with Crippen LogP contribution in [0.2, 0.25) is 0 Å². The van der Waals surface area contributed by atoms with Gasteiger partial charge in [0.15, 0.2) is 0 Å². The molecular formula is C21H17N3O2. The molecule has 2 heterocycles. The summed E-state index contributed by atoms with van der Waals surface area (Å²) in [6, 6.07) is 15.8. The highest BCUT2D eigenvalue weighted by Crippen LogP contribution is 2.42. The number of aromatic nitrogens is 1. The Morgan fingerprint density at radius 1 is 1.15 bits per heavy atom. The van der Waals surface area contributed by atoms with Crippen LogP contribution < -0.4 is 5.01 Å². The summed E-state index contributed by atoms with van der Waals surface area (Å²) >= 11 is 0. The molecule has 0 bridgehead atoms. The van der Waals surface area contributed by atoms with Gasteiger partial charge >= 0.3 is 0 Å². The van der Waals surface area contributed by atoms with Crippen LogP contribution in [-0.4, -0.2) is 17.0 Å². The molecule has 5 nitrogen and oxygen atoms in total. The maximum absolute atomic E-state index is 12.5. The second-order valence-corrected chi connectivity index (χ2v) is 7.07. The Labute approximate surface area is 151 Å². The fourth-order valence-corrected chi connectivity index (χ4v) is 3.63. The van der Waals surface area contributed by atoms with Crippen LogP contribution in [0.1, 0.15) is 25.8 Å². The van der Waals surface area contributed by atoms with Crippen molar-refractivity contribution in [1.29, 1.82) is 0 Å². The first-order chi connectivity index (χ1) is 12.5. The zero-order valence-corrected chi connectivity index (χ0v) is 14.6. The molecule has 0 spiro atoms. The quantitative estimate of drug-likeness (QED) is 0.518. The van der Waals surface area contributed by atoms with Gasteiger partial charge in [0.2, 0.25) is 5.91 Å². The maximum atomic E-state index is 12.5. The highest BCUT2D eigenvalue weighted by atomic mass is 16.2. The van der Waals surface area contributed by atoms with E-state index in [4.69, 9.17) is 0 Å². The number of carbonyl (C=O) groups excluding carboxylic acids is 2. The molecule has 0 radical (unpaired) electrons. The molecule has 1 aromatic heterocycles. The summed E-state index contributed by atoms with van der Waals surface area (Å²) in [4.78, 5) is 27.7. The van der Waals surface area contributed by atoms with E-state index in [1.807, 2.05) is 62.4 Å². The van der Waals surface area contributed by atoms with Crippen LogP contribution in [0.15, 0.2) is 59.8 Å². The number of amides is 1. The second kappa shape index (κ2) is 5.90. The van der Waals surface area contributed by atoms with Gasteiger partial charge < -0.3 is 0 Å². The summed E-state index contributed by atoms with van der Waals surface area (Å²) in [5, 5.41) is 5.83. The van der Waals surface area contributed by atoms with Gasteiger partial charge in [-0.25, -0.2) is 4.79 Å². The average molecular weight is 343 g/mol. The average Bonchev–Trinajstić information content (AvgIpc) is 2.64. The molecule has 26 heavy (non-hydrogen) atoms. The third kappa shape index (κ3) is 2.50. The number of carbonyl (C=O) groups is 1. The number of fused-ring (bicyclic) bond motifs is 2. The predicted molar refractivity (Wildman–Crippen MR) is 100 cm³/mol. The fourth-order valence-electron chi connectivity index (χ4n) is 3.63. The van der Waals surface area contributed by atoms with E-state index >= 15 is 0 Å². The SMILES string of the molecule is CC1(C)CC(=O)N(N=C=O)c2cc(-c3ccnc4ccccc34)ccc21. The number of hydrogen-bond donors (Lipinski definition) is 0. The van der Waals surface area contributed by atoms with Crippen molar-refractivity contribution in [2.45, 2.75) is 25.7 Å². The van der Waals surface area contributed by atoms with Gasteiger partial charge in [0, 0.05) is 23.4 Å². The highest BCUT2D eigenvalue weighted by molar-refractivity contribution is 6.00. The van der Waals surface area contributed by atoms with E-state index in [2.05, 4.69) is 10.1 Å². The monoisotopic (exact) mass is 343 g/mol. The van der Waals surface area contributed by atoms with Crippen molar-refractivity contribution in [2.75, 3.05) is 5.01 Å². The third-order valence-electron chi connectivity index (χ3n) is 4.89. The number of nitrogens with zero attached hydrogens (tertiary/aromatic N) is 3. The number of rotatable bonds is 2. The lowest BCUT2D eigenvalue weighted by molar-refractivity contribution is -0.120. The first-order valence-electron chi connectivity index (χ1n) is 8.41. The van der Waals surface area contributed by atoms with Crippen LogP contribution in [0.4, 0.5) is 5.69 Å². The molecule has 3 aromatic rings. The molecular weight excluding hydrogens is 326 g/mol. The predicted octanol–water partition coefficient (Wildman–Crippen LogP) is 4.17. The minimum Gasteiger partial charge on any atom is -0.272 e. The van der Waals surface area contributed by atoms with Gasteiger partial charge in [-0.1, -0.05) is 49.3 Å². The molecule has 0 unspecified atom stereocenters. The van der Waals surface area contributed by atoms with E-state index in [9.17, 15) is 9.59 Å². The van der Waals surface area contributed by atoms with Crippen LogP contribution >= 0.6 is 0 Å². The molecule has 0 atom stereocenters. The number of isocyanates is 1. The molecule has 2 aromatic carbocycles. The van der Waals surface area contributed by atoms with Crippen LogP contribution in [0.3, 0.4) is 0 Å². The number of para-hydroxylation sites is 1. The van der Waals surface area contributed by atoms with Gasteiger partial charge in [0.25, 0.3) is 6.08 Å². The summed E-state index contributed by atoms with van der Waals surface area (Å²) in [5.41, 5.74) is 4.16. The zero-order valence-electron chi connectivity index (χ0n) is 14.6. The lowest BCUT2D eigenvalue weighted by atomic mass is 9.77. The van der Waals surface area contributed by atoms with Crippen molar-refractivity contribution in [3.05, 3.63) is 60.3 Å². The minimum absolute atomic E-state index is 0.206. The van der Waals surface area contributed by atoms with Crippen molar-refractivity contribution in [2.24, 2.45) is 5.10 Å². The van der Waals surface area contributed by atoms with Gasteiger partial charge in [-0.15, -0.1) is 0 Å². The number of hydrazone groups is 1. The number of hydrogen-bond acceptors (Lipinski definition) is 4. The van der Waals surface area contributed by atoms with Crippen LogP contribution in [0.5, 0.6) is 0 Å². The molecule has 0 saturated carbocycles. The molecule has 0 N–H and O–H groups in total. The summed E-state index contributed by atoms with van der Waals surface area (Å²) in [5.74, 6) is -0.206. The molecule has 0 fully saturated rings. The smallest absolute Gasteiger partial charge is 0.259 e. The molecule has 4 rings (SSSR count). The summed E-state index contributed by atoms with van der Waals surface area (Å²) < 4.78 is 0. The Morgan fingerprint density at radius 2 is 1.96 bits per heavy atom. The number of pyridine rings is 1. The van der Waals surface area contributed by atoms with E-state index in [1.54, 1.807) is 6.20 Å². The lowest BCUT2D eigenvalue weighted by Crippen LogP contribution is -2.38. The first kappa shape index (κ1) is 16.2. The lowest BCUT2D eigenvalue weighted by Gasteiger charge is -2.35. The normalized spacial score (nSPS) is 15.5. The molecule has 128 valence electrons. The number of anilines is 1. The van der Waals surface area contributed by atoms with Gasteiger partial charge in [-0.2, -0.15) is 5.01 Å². The Hall–Kier alpha value is -3.30.